The molecule has 0 aliphatic heterocycles. The van der Waals surface area contributed by atoms with Crippen molar-refractivity contribution in [1.82, 2.24) is 0 Å². The van der Waals surface area contributed by atoms with Gasteiger partial charge in [0.15, 0.2) is 6.20 Å². The molecule has 0 amide bonds. The lowest BCUT2D eigenvalue weighted by Gasteiger charge is -2.15. The number of aromatic nitrogens is 1. The molecule has 4 aromatic carbocycles. The molecule has 2 heterocycles. The Kier molecular flexibility index (Phi) is 5.34. The van der Waals surface area contributed by atoms with Crippen molar-refractivity contribution < 1.29 is 18.7 Å². The van der Waals surface area contributed by atoms with Crippen molar-refractivity contribution in [1.29, 1.82) is 0 Å². The molecule has 6 rings (SSSR count). The maximum Gasteiger partial charge on any atom is 0.345 e. The Hall–Kier alpha value is -4.70. The number of rotatable bonds is 4. The van der Waals surface area contributed by atoms with E-state index in [4.69, 9.17) is 9.47 Å². The van der Waals surface area contributed by atoms with Gasteiger partial charge in [0.05, 0.1) is 30.6 Å². The molecule has 0 radical (unpaired) electrons. The van der Waals surface area contributed by atoms with Crippen molar-refractivity contribution in [2.75, 3.05) is 14.2 Å². The van der Waals surface area contributed by atoms with Crippen LogP contribution in [0.15, 0.2) is 109 Å². The van der Waals surface area contributed by atoms with Crippen LogP contribution in [-0.2, 0) is 4.74 Å². The summed E-state index contributed by atoms with van der Waals surface area (Å²) in [6.45, 7) is 0. The van der Waals surface area contributed by atoms with Crippen LogP contribution in [0.3, 0.4) is 0 Å². The average molecular weight is 471 g/mol. The molecule has 2 aromatic heterocycles. The number of esters is 1. The summed E-state index contributed by atoms with van der Waals surface area (Å²) in [5.41, 5.74) is 5.42. The predicted octanol–water partition coefficient (Wildman–Crippen LogP) is 6.86. The lowest BCUT2D eigenvalue weighted by atomic mass is 9.92. The first-order valence-corrected chi connectivity index (χ1v) is 11.8. The molecule has 4 nitrogen and oxygen atoms in total. The number of benzene rings is 4. The molecule has 0 spiro atoms. The Bertz CT molecular complexity index is 1760. The normalized spacial score (nSPS) is 11.2. The van der Waals surface area contributed by atoms with E-state index in [9.17, 15) is 4.79 Å². The maximum atomic E-state index is 13.3. The van der Waals surface area contributed by atoms with Crippen LogP contribution < -0.4 is 9.14 Å². The van der Waals surface area contributed by atoms with E-state index in [1.54, 1.807) is 7.11 Å². The van der Waals surface area contributed by atoms with Crippen LogP contribution in [0.1, 0.15) is 10.4 Å². The minimum Gasteiger partial charge on any atom is -0.496 e. The van der Waals surface area contributed by atoms with Crippen LogP contribution in [0.2, 0.25) is 0 Å². The van der Waals surface area contributed by atoms with Crippen molar-refractivity contribution in [3.63, 3.8) is 0 Å². The van der Waals surface area contributed by atoms with Gasteiger partial charge in [-0.3, -0.25) is 0 Å². The fourth-order valence-electron chi connectivity index (χ4n) is 5.20. The molecule has 6 aromatic rings. The molecule has 0 fully saturated rings. The van der Waals surface area contributed by atoms with E-state index >= 15 is 0 Å². The largest absolute Gasteiger partial charge is 0.496 e. The number of fused-ring (bicyclic) bond motifs is 4. The van der Waals surface area contributed by atoms with Gasteiger partial charge in [-0.15, -0.1) is 0 Å². The molecule has 174 valence electrons. The third-order valence-electron chi connectivity index (χ3n) is 6.72. The molecule has 0 unspecified atom stereocenters. The smallest absolute Gasteiger partial charge is 0.345 e. The number of methoxy groups -OCH3 is 2. The molecule has 0 saturated carbocycles. The second kappa shape index (κ2) is 8.82. The molecule has 36 heavy (non-hydrogen) atoms. The molecular formula is C32H24NO3+. The number of carbonyl (C=O) groups is 1. The fraction of sp³-hybridized carbons (Fsp3) is 0.0625. The summed E-state index contributed by atoms with van der Waals surface area (Å²) in [7, 11) is 3.11. The number of pyridine rings is 2. The maximum absolute atomic E-state index is 13.3. The van der Waals surface area contributed by atoms with Crippen LogP contribution in [0, 0.1) is 0 Å². The van der Waals surface area contributed by atoms with Crippen molar-refractivity contribution in [2.45, 2.75) is 0 Å². The van der Waals surface area contributed by atoms with E-state index in [0.717, 1.165) is 55.2 Å². The molecule has 0 atom stereocenters. The SMILES string of the molecule is COC(=O)c1c(-c2ccccc2)[n+]2cc3c(OC)cccc3c(-c3ccccc3)c2c2ccccc12. The van der Waals surface area contributed by atoms with E-state index in [1.165, 1.54) is 7.11 Å². The molecule has 0 aliphatic rings. The number of nitrogens with zero attached hydrogens (tertiary/aromatic N) is 1. The molecule has 4 heteroatoms. The Balaban J connectivity index is 1.98. The topological polar surface area (TPSA) is 39.6 Å². The minimum absolute atomic E-state index is 0.374. The number of hydrogen-bond acceptors (Lipinski definition) is 3. The lowest BCUT2D eigenvalue weighted by molar-refractivity contribution is -0.496. The van der Waals surface area contributed by atoms with E-state index < -0.39 is 0 Å². The van der Waals surface area contributed by atoms with Crippen LogP contribution in [0.25, 0.3) is 49.4 Å². The second-order valence-corrected chi connectivity index (χ2v) is 8.64. The van der Waals surface area contributed by atoms with Crippen molar-refractivity contribution in [3.8, 4) is 28.1 Å². The summed E-state index contributed by atoms with van der Waals surface area (Å²) in [6, 6.07) is 34.5. The van der Waals surface area contributed by atoms with Crippen LogP contribution in [-0.4, -0.2) is 20.2 Å². The second-order valence-electron chi connectivity index (χ2n) is 8.64. The molecular weight excluding hydrogens is 446 g/mol. The summed E-state index contributed by atoms with van der Waals surface area (Å²) >= 11 is 0. The standard InChI is InChI=1S/C32H24NO3/c1-35-27-19-11-18-24-26(27)20-33-30(22-14-7-4-8-15-22)29(32(34)36-2)23-16-9-10-17-25(23)31(33)28(24)21-12-5-3-6-13-21/h3-20H,1-2H3/q+1. The highest BCUT2D eigenvalue weighted by molar-refractivity contribution is 6.17. The number of carbonyl (C=O) groups excluding carboxylic acids is 1. The fourth-order valence-corrected chi connectivity index (χ4v) is 5.20. The van der Waals surface area contributed by atoms with Gasteiger partial charge in [0.1, 0.15) is 11.3 Å². The van der Waals surface area contributed by atoms with Crippen molar-refractivity contribution >= 4 is 33.0 Å². The highest BCUT2D eigenvalue weighted by atomic mass is 16.5. The first kappa shape index (κ1) is 21.8. The van der Waals surface area contributed by atoms with Crippen molar-refractivity contribution in [3.05, 3.63) is 115 Å². The van der Waals surface area contributed by atoms with Gasteiger partial charge in [0, 0.05) is 16.3 Å². The zero-order chi connectivity index (χ0) is 24.6. The quantitative estimate of drug-likeness (QED) is 0.122. The molecule has 0 aliphatic carbocycles. The Morgan fingerprint density at radius 3 is 1.92 bits per heavy atom. The van der Waals surface area contributed by atoms with E-state index in [-0.39, 0.29) is 5.97 Å². The lowest BCUT2D eigenvalue weighted by Crippen LogP contribution is -2.29. The third-order valence-corrected chi connectivity index (χ3v) is 6.72. The molecule has 0 bridgehead atoms. The Labute approximate surface area is 209 Å². The van der Waals surface area contributed by atoms with E-state index in [2.05, 4.69) is 34.9 Å². The van der Waals surface area contributed by atoms with Gasteiger partial charge >= 0.3 is 5.97 Å². The highest BCUT2D eigenvalue weighted by Crippen LogP contribution is 2.40. The van der Waals surface area contributed by atoms with Gasteiger partial charge in [0.2, 0.25) is 11.2 Å². The van der Waals surface area contributed by atoms with Crippen LogP contribution in [0.4, 0.5) is 0 Å². The summed E-state index contributed by atoms with van der Waals surface area (Å²) in [4.78, 5) is 13.3. The van der Waals surface area contributed by atoms with Gasteiger partial charge < -0.3 is 9.47 Å². The zero-order valence-electron chi connectivity index (χ0n) is 20.1. The van der Waals surface area contributed by atoms with Gasteiger partial charge in [-0.1, -0.05) is 78.9 Å². The molecule has 0 saturated heterocycles. The highest BCUT2D eigenvalue weighted by Gasteiger charge is 2.31. The number of ether oxygens (including phenoxy) is 2. The minimum atomic E-state index is -0.374. The zero-order valence-corrected chi connectivity index (χ0v) is 20.1. The van der Waals surface area contributed by atoms with Crippen LogP contribution in [0.5, 0.6) is 5.75 Å². The number of hydrogen-bond donors (Lipinski definition) is 0. The van der Waals surface area contributed by atoms with E-state index in [1.807, 2.05) is 78.9 Å². The summed E-state index contributed by atoms with van der Waals surface area (Å²) in [5, 5.41) is 3.86. The molecule has 0 N–H and O–H groups in total. The van der Waals surface area contributed by atoms with Gasteiger partial charge in [0.25, 0.3) is 0 Å². The Morgan fingerprint density at radius 2 is 1.25 bits per heavy atom. The summed E-state index contributed by atoms with van der Waals surface area (Å²) < 4.78 is 13.3. The third kappa shape index (κ3) is 3.30. The predicted molar refractivity (Wildman–Crippen MR) is 143 cm³/mol. The monoisotopic (exact) mass is 470 g/mol. The summed E-state index contributed by atoms with van der Waals surface area (Å²) in [6.07, 6.45) is 2.08. The van der Waals surface area contributed by atoms with Crippen LogP contribution >= 0.6 is 0 Å². The van der Waals surface area contributed by atoms with Crippen molar-refractivity contribution in [2.24, 2.45) is 0 Å². The van der Waals surface area contributed by atoms with Gasteiger partial charge in [-0.2, -0.15) is 4.40 Å². The van der Waals surface area contributed by atoms with Gasteiger partial charge in [-0.05, 0) is 29.8 Å². The Morgan fingerprint density at radius 1 is 0.639 bits per heavy atom. The first-order valence-electron chi connectivity index (χ1n) is 11.8. The van der Waals surface area contributed by atoms with E-state index in [0.29, 0.717) is 5.56 Å². The summed E-state index contributed by atoms with van der Waals surface area (Å²) in [5.74, 6) is 0.395. The van der Waals surface area contributed by atoms with Gasteiger partial charge in [-0.25, -0.2) is 4.79 Å². The first-order chi connectivity index (χ1) is 17.7. The average Bonchev–Trinajstić information content (AvgIpc) is 2.95.